The lowest BCUT2D eigenvalue weighted by Crippen LogP contribution is -2.49. The van der Waals surface area contributed by atoms with E-state index in [1.165, 1.54) is 41.8 Å². The smallest absolute Gasteiger partial charge is 0.350 e. The molecule has 2 aliphatic heterocycles. The Morgan fingerprint density at radius 3 is 1.84 bits per heavy atom. The van der Waals surface area contributed by atoms with Gasteiger partial charge in [-0.2, -0.15) is 0 Å². The molecule has 5 rings (SSSR count). The number of morpholine rings is 2. The van der Waals surface area contributed by atoms with Crippen molar-refractivity contribution in [2.75, 3.05) is 90.1 Å². The number of methoxy groups -OCH3 is 2. The highest BCUT2D eigenvalue weighted by Crippen LogP contribution is 2.35. The van der Waals surface area contributed by atoms with Crippen LogP contribution in [0.25, 0.3) is 0 Å². The van der Waals surface area contributed by atoms with Gasteiger partial charge in [0.2, 0.25) is 17.7 Å². The molecule has 0 bridgehead atoms. The van der Waals surface area contributed by atoms with Crippen LogP contribution in [-0.2, 0) is 33.3 Å². The molecule has 15 heteroatoms. The van der Waals surface area contributed by atoms with Crippen molar-refractivity contribution in [2.45, 2.75) is 59.3 Å². The Morgan fingerprint density at radius 1 is 0.782 bits per heavy atom. The predicted molar refractivity (Wildman–Crippen MR) is 212 cm³/mol. The molecule has 2 aromatic heterocycles. The minimum absolute atomic E-state index is 0.0171. The zero-order valence-electron chi connectivity index (χ0n) is 32.5. The van der Waals surface area contributed by atoms with Crippen LogP contribution in [0, 0.1) is 35.5 Å². The van der Waals surface area contributed by atoms with Gasteiger partial charge in [0.25, 0.3) is 0 Å². The largest absolute Gasteiger partial charge is 0.465 e. The zero-order valence-corrected chi connectivity index (χ0v) is 34.1. The molecule has 0 radical (unpaired) electrons. The number of thiophene rings is 2. The normalized spacial score (nSPS) is 17.9. The first-order valence-electron chi connectivity index (χ1n) is 18.8. The first-order chi connectivity index (χ1) is 26.6. The van der Waals surface area contributed by atoms with Crippen molar-refractivity contribution in [3.8, 4) is 23.7 Å². The first-order valence-corrected chi connectivity index (χ1v) is 20.4. The van der Waals surface area contributed by atoms with Gasteiger partial charge < -0.3 is 39.0 Å². The molecule has 3 fully saturated rings. The summed E-state index contributed by atoms with van der Waals surface area (Å²) in [6, 6.07) is 3.53. The third-order valence-corrected chi connectivity index (χ3v) is 11.4. The maximum atomic E-state index is 13.7. The number of esters is 2. The topological polar surface area (TPSA) is 144 Å². The number of ether oxygens (including phenoxy) is 4. The van der Waals surface area contributed by atoms with Gasteiger partial charge in [0.1, 0.15) is 16.3 Å². The fourth-order valence-electron chi connectivity index (χ4n) is 6.21. The van der Waals surface area contributed by atoms with Crippen molar-refractivity contribution in [3.05, 3.63) is 31.6 Å². The molecule has 0 spiro atoms. The average molecular weight is 797 g/mol. The Bertz CT molecular complexity index is 1760. The minimum atomic E-state index is -0.525. The van der Waals surface area contributed by atoms with Crippen molar-refractivity contribution < 1.29 is 42.9 Å². The maximum absolute atomic E-state index is 13.7. The van der Waals surface area contributed by atoms with Crippen LogP contribution in [0.4, 0.5) is 11.4 Å². The van der Waals surface area contributed by atoms with E-state index in [1.807, 2.05) is 13.8 Å². The molecule has 13 nitrogen and oxygen atoms in total. The van der Waals surface area contributed by atoms with E-state index in [0.29, 0.717) is 91.0 Å². The summed E-state index contributed by atoms with van der Waals surface area (Å²) in [6.45, 7) is 10.4. The summed E-state index contributed by atoms with van der Waals surface area (Å²) < 4.78 is 20.3. The molecule has 2 saturated heterocycles. The number of rotatable bonds is 9. The van der Waals surface area contributed by atoms with Gasteiger partial charge in [-0.05, 0) is 43.7 Å². The van der Waals surface area contributed by atoms with Crippen molar-refractivity contribution in [3.63, 3.8) is 0 Å². The number of amides is 3. The SMILES string of the molecule is CCC#Cc1cc(N(CC(=O)N2CCOCC2)C(=O)C2CCC(C)CC2)c(C(=O)OC)s1.CCC#Cc1cc(NCC(=O)N2CCOCC2)c(C(=O)OC)s1. The number of hydrogen-bond donors (Lipinski definition) is 1. The van der Waals surface area contributed by atoms with E-state index < -0.39 is 11.9 Å². The van der Waals surface area contributed by atoms with Crippen LogP contribution < -0.4 is 10.2 Å². The summed E-state index contributed by atoms with van der Waals surface area (Å²) in [7, 11) is 2.65. The molecule has 3 aliphatic rings. The standard InChI is InChI=1S/C24H32N2O5S.C16H20N2O4S/c1-4-5-6-19-15-20(22(32-19)24(29)30-3)26(16-21(27)25-11-13-31-14-12-25)23(28)18-9-7-17(2)8-10-18;1-3-4-5-12-10-13(15(23-12)16(20)21-2)17-11-14(19)18-6-8-22-9-7-18/h15,17-18H,4,7-14,16H2,1-3H3;10,17H,3,6-9,11H2,1-2H3. The van der Waals surface area contributed by atoms with Gasteiger partial charge in [0.05, 0.1) is 68.3 Å². The van der Waals surface area contributed by atoms with Crippen molar-refractivity contribution in [1.82, 2.24) is 9.80 Å². The van der Waals surface area contributed by atoms with Crippen LogP contribution in [0.15, 0.2) is 12.1 Å². The molecule has 1 N–H and O–H groups in total. The zero-order chi connectivity index (χ0) is 39.7. The summed E-state index contributed by atoms with van der Waals surface area (Å²) in [5, 5.41) is 3.03. The Kier molecular flexibility index (Phi) is 17.5. The lowest BCUT2D eigenvalue weighted by atomic mass is 9.82. The Morgan fingerprint density at radius 2 is 1.29 bits per heavy atom. The molecule has 0 aromatic carbocycles. The Labute approximate surface area is 332 Å². The number of carbonyl (C=O) groups is 5. The van der Waals surface area contributed by atoms with Crippen LogP contribution in [0.1, 0.15) is 88.4 Å². The van der Waals surface area contributed by atoms with Gasteiger partial charge in [-0.1, -0.05) is 44.5 Å². The third kappa shape index (κ3) is 12.6. The second-order valence-corrected chi connectivity index (χ2v) is 15.3. The van der Waals surface area contributed by atoms with Gasteiger partial charge in [-0.15, -0.1) is 22.7 Å². The fourth-order valence-corrected chi connectivity index (χ4v) is 8.10. The molecule has 298 valence electrons. The van der Waals surface area contributed by atoms with Crippen molar-refractivity contribution in [2.24, 2.45) is 11.8 Å². The highest BCUT2D eigenvalue weighted by molar-refractivity contribution is 7.15. The summed E-state index contributed by atoms with van der Waals surface area (Å²) in [5.74, 6) is 11.2. The van der Waals surface area contributed by atoms with E-state index in [4.69, 9.17) is 18.9 Å². The number of nitrogens with zero attached hydrogens (tertiary/aromatic N) is 3. The van der Waals surface area contributed by atoms with Gasteiger partial charge in [-0.3, -0.25) is 14.4 Å². The number of anilines is 2. The van der Waals surface area contributed by atoms with E-state index in [9.17, 15) is 24.0 Å². The van der Waals surface area contributed by atoms with Gasteiger partial charge in [-0.25, -0.2) is 9.59 Å². The molecule has 4 heterocycles. The summed E-state index contributed by atoms with van der Waals surface area (Å²) in [6.07, 6.45) is 4.98. The van der Waals surface area contributed by atoms with E-state index in [0.717, 1.165) is 37.0 Å². The van der Waals surface area contributed by atoms with Gasteiger partial charge >= 0.3 is 11.9 Å². The first kappa shape index (κ1) is 43.3. The second-order valence-electron chi connectivity index (χ2n) is 13.2. The number of hydrogen-bond acceptors (Lipinski definition) is 12. The minimum Gasteiger partial charge on any atom is -0.465 e. The average Bonchev–Trinajstić information content (AvgIpc) is 3.85. The predicted octanol–water partition coefficient (Wildman–Crippen LogP) is 4.88. The van der Waals surface area contributed by atoms with E-state index in [2.05, 4.69) is 35.9 Å². The molecule has 0 unspecified atom stereocenters. The van der Waals surface area contributed by atoms with Crippen LogP contribution in [0.5, 0.6) is 0 Å². The molecular weight excluding hydrogens is 745 g/mol. The Hall–Kier alpha value is -4.41. The van der Waals surface area contributed by atoms with Crippen LogP contribution in [-0.4, -0.2) is 119 Å². The maximum Gasteiger partial charge on any atom is 0.350 e. The highest BCUT2D eigenvalue weighted by Gasteiger charge is 2.34. The van der Waals surface area contributed by atoms with Gasteiger partial charge in [0.15, 0.2) is 0 Å². The highest BCUT2D eigenvalue weighted by atomic mass is 32.1. The summed E-state index contributed by atoms with van der Waals surface area (Å²) >= 11 is 2.46. The monoisotopic (exact) mass is 796 g/mol. The van der Waals surface area contributed by atoms with E-state index in [1.54, 1.807) is 21.9 Å². The lowest BCUT2D eigenvalue weighted by Gasteiger charge is -2.33. The van der Waals surface area contributed by atoms with Crippen LogP contribution >= 0.6 is 22.7 Å². The summed E-state index contributed by atoms with van der Waals surface area (Å²) in [4.78, 5) is 70.5. The summed E-state index contributed by atoms with van der Waals surface area (Å²) in [5.41, 5.74) is 1.01. The lowest BCUT2D eigenvalue weighted by molar-refractivity contribution is -0.135. The quantitative estimate of drug-likeness (QED) is 0.276. The molecular formula is C40H52N4O9S2. The molecule has 55 heavy (non-hydrogen) atoms. The molecule has 3 amide bonds. The fraction of sp³-hybridized carbons (Fsp3) is 0.575. The van der Waals surface area contributed by atoms with Crippen molar-refractivity contribution in [1.29, 1.82) is 0 Å². The number of carbonyl (C=O) groups excluding carboxylic acids is 5. The van der Waals surface area contributed by atoms with Crippen molar-refractivity contribution >= 4 is 63.7 Å². The molecule has 2 aromatic rings. The molecule has 1 saturated carbocycles. The Balaban J connectivity index is 0.000000258. The van der Waals surface area contributed by atoms with Crippen LogP contribution in [0.3, 0.4) is 0 Å². The molecule has 0 atom stereocenters. The van der Waals surface area contributed by atoms with E-state index in [-0.39, 0.29) is 36.7 Å². The van der Waals surface area contributed by atoms with Crippen LogP contribution in [0.2, 0.25) is 0 Å². The molecule has 1 aliphatic carbocycles. The number of nitrogens with one attached hydrogen (secondary N) is 1. The third-order valence-electron chi connectivity index (χ3n) is 9.34. The van der Waals surface area contributed by atoms with E-state index >= 15 is 0 Å². The van der Waals surface area contributed by atoms with Gasteiger partial charge in [0, 0.05) is 44.9 Å². The second kappa shape index (κ2) is 22.2.